The second-order valence-corrected chi connectivity index (χ2v) is 3.64. The van der Waals surface area contributed by atoms with Crippen LogP contribution in [0, 0.1) is 6.92 Å². The molecule has 0 aliphatic heterocycles. The van der Waals surface area contributed by atoms with Crippen molar-refractivity contribution in [1.82, 2.24) is 0 Å². The molecule has 0 bridgehead atoms. The largest absolute Gasteiger partial charge is 0.294 e. The molecule has 2 heteroatoms. The lowest BCUT2D eigenvalue weighted by molar-refractivity contribution is 0.101. The molecule has 0 unspecified atom stereocenters. The molecule has 0 saturated heterocycles. The lowest BCUT2D eigenvalue weighted by atomic mass is 10.1. The van der Waals surface area contributed by atoms with Gasteiger partial charge in [-0.25, -0.2) is 0 Å². The summed E-state index contributed by atoms with van der Waals surface area (Å²) >= 11 is 0. The van der Waals surface area contributed by atoms with Gasteiger partial charge in [-0.3, -0.25) is 9.79 Å². The lowest BCUT2D eigenvalue weighted by Gasteiger charge is -2.03. The quantitative estimate of drug-likeness (QED) is 0.518. The van der Waals surface area contributed by atoms with Gasteiger partial charge < -0.3 is 0 Å². The van der Waals surface area contributed by atoms with E-state index in [4.69, 9.17) is 0 Å². The molecule has 1 aromatic rings. The molecule has 0 heterocycles. The maximum atomic E-state index is 11.3. The summed E-state index contributed by atoms with van der Waals surface area (Å²) in [5.74, 6) is 0.0602. The number of nitrogens with zero attached hydrogens (tertiary/aromatic N) is 1. The molecule has 0 amide bonds. The first-order valence-electron chi connectivity index (χ1n) is 4.64. The average molecular weight is 189 g/mol. The van der Waals surface area contributed by atoms with Gasteiger partial charge in [0.05, 0.1) is 5.69 Å². The number of carbonyl (C=O) groups excluding carboxylic acids is 1. The molecule has 0 saturated carbocycles. The highest BCUT2D eigenvalue weighted by Crippen LogP contribution is 2.21. The summed E-state index contributed by atoms with van der Waals surface area (Å²) in [7, 11) is 0. The van der Waals surface area contributed by atoms with Crippen LogP contribution in [0.25, 0.3) is 0 Å². The van der Waals surface area contributed by atoms with E-state index in [0.29, 0.717) is 5.56 Å². The highest BCUT2D eigenvalue weighted by Gasteiger charge is 2.05. The molecule has 1 rings (SSSR count). The van der Waals surface area contributed by atoms with E-state index in [1.165, 1.54) is 0 Å². The summed E-state index contributed by atoms with van der Waals surface area (Å²) < 4.78 is 0. The smallest absolute Gasteiger partial charge is 0.161 e. The summed E-state index contributed by atoms with van der Waals surface area (Å²) in [5, 5.41) is 0. The summed E-state index contributed by atoms with van der Waals surface area (Å²) in [6, 6.07) is 5.70. The third kappa shape index (κ3) is 2.52. The zero-order valence-corrected chi connectivity index (χ0v) is 9.09. The number of aliphatic imine (C=N–C) groups is 1. The molecular formula is C12H15NO. The molecule has 0 atom stereocenters. The third-order valence-electron chi connectivity index (χ3n) is 1.88. The Morgan fingerprint density at radius 1 is 1.21 bits per heavy atom. The van der Waals surface area contributed by atoms with Crippen molar-refractivity contribution in [2.75, 3.05) is 0 Å². The van der Waals surface area contributed by atoms with Crippen molar-refractivity contribution < 1.29 is 4.79 Å². The standard InChI is InChI=1S/C12H15NO/c1-8(2)13-12-7-9(3)5-6-11(12)10(4)14/h5-7H,1-4H3. The summed E-state index contributed by atoms with van der Waals surface area (Å²) in [5.41, 5.74) is 3.54. The second-order valence-electron chi connectivity index (χ2n) is 3.64. The fourth-order valence-corrected chi connectivity index (χ4v) is 1.27. The van der Waals surface area contributed by atoms with Gasteiger partial charge in [0, 0.05) is 11.3 Å². The van der Waals surface area contributed by atoms with E-state index in [0.717, 1.165) is 17.0 Å². The van der Waals surface area contributed by atoms with Crippen LogP contribution < -0.4 is 0 Å². The minimum Gasteiger partial charge on any atom is -0.294 e. The zero-order chi connectivity index (χ0) is 10.7. The highest BCUT2D eigenvalue weighted by molar-refractivity contribution is 6.00. The third-order valence-corrected chi connectivity index (χ3v) is 1.88. The van der Waals surface area contributed by atoms with Gasteiger partial charge in [0.2, 0.25) is 0 Å². The van der Waals surface area contributed by atoms with Crippen molar-refractivity contribution >= 4 is 17.2 Å². The molecule has 74 valence electrons. The maximum Gasteiger partial charge on any atom is 0.161 e. The predicted octanol–water partition coefficient (Wildman–Crippen LogP) is 3.31. The Kier molecular flexibility index (Phi) is 3.18. The Labute approximate surface area is 84.7 Å². The van der Waals surface area contributed by atoms with Crippen LogP contribution in [0.5, 0.6) is 0 Å². The predicted molar refractivity (Wildman–Crippen MR) is 59.6 cm³/mol. The number of Topliss-reactive ketones (excluding diaryl/α,β-unsaturated/α-hetero) is 1. The van der Waals surface area contributed by atoms with E-state index >= 15 is 0 Å². The van der Waals surface area contributed by atoms with Crippen molar-refractivity contribution in [2.45, 2.75) is 27.7 Å². The first-order chi connectivity index (χ1) is 6.50. The normalized spacial score (nSPS) is 9.71. The summed E-state index contributed by atoms with van der Waals surface area (Å²) in [4.78, 5) is 15.6. The molecule has 0 aliphatic rings. The summed E-state index contributed by atoms with van der Waals surface area (Å²) in [6.07, 6.45) is 0. The highest BCUT2D eigenvalue weighted by atomic mass is 16.1. The van der Waals surface area contributed by atoms with Gasteiger partial charge in [0.1, 0.15) is 0 Å². The fraction of sp³-hybridized carbons (Fsp3) is 0.333. The maximum absolute atomic E-state index is 11.3. The van der Waals surface area contributed by atoms with Crippen LogP contribution >= 0.6 is 0 Å². The van der Waals surface area contributed by atoms with Crippen LogP contribution in [0.3, 0.4) is 0 Å². The van der Waals surface area contributed by atoms with Gasteiger partial charge in [-0.15, -0.1) is 0 Å². The van der Waals surface area contributed by atoms with Crippen LogP contribution in [0.2, 0.25) is 0 Å². The van der Waals surface area contributed by atoms with Crippen LogP contribution in [0.15, 0.2) is 23.2 Å². The Morgan fingerprint density at radius 3 is 2.36 bits per heavy atom. The van der Waals surface area contributed by atoms with Gasteiger partial charge >= 0.3 is 0 Å². The van der Waals surface area contributed by atoms with Crippen molar-refractivity contribution in [3.8, 4) is 0 Å². The molecule has 0 aromatic heterocycles. The molecule has 2 nitrogen and oxygen atoms in total. The minimum atomic E-state index is 0.0602. The molecule has 0 N–H and O–H groups in total. The number of aryl methyl sites for hydroxylation is 1. The van der Waals surface area contributed by atoms with Gasteiger partial charge in [0.15, 0.2) is 5.78 Å². The SMILES string of the molecule is CC(=O)c1ccc(C)cc1N=C(C)C. The molecule has 0 fully saturated rings. The number of benzene rings is 1. The van der Waals surface area contributed by atoms with E-state index in [1.54, 1.807) is 6.92 Å². The summed E-state index contributed by atoms with van der Waals surface area (Å²) in [6.45, 7) is 7.40. The van der Waals surface area contributed by atoms with Crippen LogP contribution in [-0.2, 0) is 0 Å². The topological polar surface area (TPSA) is 29.4 Å². The van der Waals surface area contributed by atoms with Crippen molar-refractivity contribution in [3.05, 3.63) is 29.3 Å². The van der Waals surface area contributed by atoms with Gasteiger partial charge in [-0.1, -0.05) is 6.07 Å². The Morgan fingerprint density at radius 2 is 1.86 bits per heavy atom. The fourth-order valence-electron chi connectivity index (χ4n) is 1.27. The number of carbonyl (C=O) groups is 1. The van der Waals surface area contributed by atoms with E-state index < -0.39 is 0 Å². The lowest BCUT2D eigenvalue weighted by Crippen LogP contribution is -1.94. The molecular weight excluding hydrogens is 174 g/mol. The van der Waals surface area contributed by atoms with Crippen molar-refractivity contribution in [3.63, 3.8) is 0 Å². The van der Waals surface area contributed by atoms with E-state index in [1.807, 2.05) is 39.0 Å². The Hall–Kier alpha value is -1.44. The average Bonchev–Trinajstić information content (AvgIpc) is 2.01. The number of rotatable bonds is 2. The molecule has 0 spiro atoms. The first kappa shape index (κ1) is 10.6. The van der Waals surface area contributed by atoms with Gasteiger partial charge in [-0.05, 0) is 45.4 Å². The second kappa shape index (κ2) is 4.18. The number of hydrogen-bond donors (Lipinski definition) is 0. The monoisotopic (exact) mass is 189 g/mol. The van der Waals surface area contributed by atoms with Crippen LogP contribution in [0.1, 0.15) is 36.7 Å². The van der Waals surface area contributed by atoms with E-state index in [9.17, 15) is 4.79 Å². The molecule has 0 radical (unpaired) electrons. The van der Waals surface area contributed by atoms with Crippen LogP contribution in [0.4, 0.5) is 5.69 Å². The van der Waals surface area contributed by atoms with E-state index in [2.05, 4.69) is 4.99 Å². The molecule has 0 aliphatic carbocycles. The minimum absolute atomic E-state index is 0.0602. The van der Waals surface area contributed by atoms with Crippen molar-refractivity contribution in [2.24, 2.45) is 4.99 Å². The zero-order valence-electron chi connectivity index (χ0n) is 9.09. The Bertz CT molecular complexity index is 387. The molecule has 14 heavy (non-hydrogen) atoms. The van der Waals surface area contributed by atoms with Crippen molar-refractivity contribution in [1.29, 1.82) is 0 Å². The Balaban J connectivity index is 3.30. The van der Waals surface area contributed by atoms with E-state index in [-0.39, 0.29) is 5.78 Å². The molecule has 1 aromatic carbocycles. The first-order valence-corrected chi connectivity index (χ1v) is 4.64. The van der Waals surface area contributed by atoms with Crippen LogP contribution in [-0.4, -0.2) is 11.5 Å². The number of ketones is 1. The van der Waals surface area contributed by atoms with Gasteiger partial charge in [0.25, 0.3) is 0 Å². The number of hydrogen-bond acceptors (Lipinski definition) is 2. The van der Waals surface area contributed by atoms with Gasteiger partial charge in [-0.2, -0.15) is 0 Å².